The summed E-state index contributed by atoms with van der Waals surface area (Å²) in [4.78, 5) is 16.1. The minimum Gasteiger partial charge on any atom is -0.409 e. The molecule has 0 saturated heterocycles. The fourth-order valence-electron chi connectivity index (χ4n) is 5.63. The third-order valence-electron chi connectivity index (χ3n) is 7.82. The maximum absolute atomic E-state index is 14.2. The Morgan fingerprint density at radius 2 is 1.49 bits per heavy atom. The number of hydrogen-bond acceptors (Lipinski definition) is 5. The van der Waals surface area contributed by atoms with Gasteiger partial charge in [0.1, 0.15) is 0 Å². The number of carbonyl (C=O) groups is 1. The van der Waals surface area contributed by atoms with Gasteiger partial charge in [0.2, 0.25) is 0 Å². The van der Waals surface area contributed by atoms with Crippen LogP contribution in [0.1, 0.15) is 38.2 Å². The molecule has 10 heteroatoms. The topological polar surface area (TPSA) is 142 Å². The van der Waals surface area contributed by atoms with Crippen LogP contribution in [0.2, 0.25) is 0 Å². The highest BCUT2D eigenvalue weighted by molar-refractivity contribution is 9.10. The number of rotatable bonds is 7. The van der Waals surface area contributed by atoms with Crippen LogP contribution in [0.5, 0.6) is 0 Å². The summed E-state index contributed by atoms with van der Waals surface area (Å²) in [6, 6.07) is 27.1. The first-order chi connectivity index (χ1) is 20.8. The molecule has 43 heavy (non-hydrogen) atoms. The van der Waals surface area contributed by atoms with Crippen molar-refractivity contribution in [1.82, 2.24) is 9.47 Å². The zero-order valence-electron chi connectivity index (χ0n) is 23.1. The van der Waals surface area contributed by atoms with Gasteiger partial charge < -0.3 is 31.3 Å². The molecule has 1 aromatic heterocycles. The smallest absolute Gasteiger partial charge is 0.254 e. The molecular formula is C33H29BrN6O3. The Hall–Kier alpha value is -5.09. The third kappa shape index (κ3) is 5.56. The summed E-state index contributed by atoms with van der Waals surface area (Å²) < 4.78 is 3.24. The van der Waals surface area contributed by atoms with Crippen molar-refractivity contribution in [3.05, 3.63) is 129 Å². The molecule has 4 aromatic carbocycles. The zero-order chi connectivity index (χ0) is 30.1. The van der Waals surface area contributed by atoms with Crippen LogP contribution < -0.4 is 11.5 Å². The maximum atomic E-state index is 14.2. The quantitative estimate of drug-likeness (QED) is 0.0807. The van der Waals surface area contributed by atoms with Crippen molar-refractivity contribution in [3.8, 4) is 11.1 Å². The molecule has 1 amide bonds. The summed E-state index contributed by atoms with van der Waals surface area (Å²) in [7, 11) is 0. The van der Waals surface area contributed by atoms with E-state index in [9.17, 15) is 4.79 Å². The van der Waals surface area contributed by atoms with E-state index in [1.165, 1.54) is 0 Å². The lowest BCUT2D eigenvalue weighted by molar-refractivity contribution is 0.0750. The third-order valence-corrected chi connectivity index (χ3v) is 8.32. The lowest BCUT2D eigenvalue weighted by Gasteiger charge is -2.22. The number of amidine groups is 2. The average molecular weight is 638 g/mol. The molecule has 0 atom stereocenters. The van der Waals surface area contributed by atoms with Crippen LogP contribution in [0.3, 0.4) is 0 Å². The molecule has 216 valence electrons. The van der Waals surface area contributed by atoms with Crippen LogP contribution in [0.25, 0.3) is 22.0 Å². The highest BCUT2D eigenvalue weighted by atomic mass is 79.9. The Morgan fingerprint density at radius 3 is 2.14 bits per heavy atom. The maximum Gasteiger partial charge on any atom is 0.254 e. The highest BCUT2D eigenvalue weighted by Gasteiger charge is 2.27. The molecule has 9 nitrogen and oxygen atoms in total. The van der Waals surface area contributed by atoms with E-state index in [0.29, 0.717) is 36.3 Å². The van der Waals surface area contributed by atoms with E-state index in [0.717, 1.165) is 49.6 Å². The largest absolute Gasteiger partial charge is 0.409 e. The number of aromatic nitrogens is 1. The van der Waals surface area contributed by atoms with Gasteiger partial charge in [-0.05, 0) is 58.5 Å². The van der Waals surface area contributed by atoms with E-state index in [4.69, 9.17) is 21.9 Å². The van der Waals surface area contributed by atoms with Gasteiger partial charge in [-0.15, -0.1) is 0 Å². The van der Waals surface area contributed by atoms with Crippen molar-refractivity contribution in [1.29, 1.82) is 0 Å². The molecule has 0 aliphatic carbocycles. The Labute approximate surface area is 256 Å². The molecular weight excluding hydrogens is 608 g/mol. The number of halogens is 1. The second-order valence-electron chi connectivity index (χ2n) is 10.6. The van der Waals surface area contributed by atoms with Crippen molar-refractivity contribution < 1.29 is 15.2 Å². The van der Waals surface area contributed by atoms with Crippen LogP contribution in [0.15, 0.2) is 106 Å². The van der Waals surface area contributed by atoms with Gasteiger partial charge in [0.15, 0.2) is 11.7 Å². The number of oxime groups is 2. The summed E-state index contributed by atoms with van der Waals surface area (Å²) in [6.45, 7) is 1.65. The van der Waals surface area contributed by atoms with Gasteiger partial charge in [-0.1, -0.05) is 86.9 Å². The van der Waals surface area contributed by atoms with E-state index < -0.39 is 0 Å². The Bertz CT molecular complexity index is 1900. The minimum absolute atomic E-state index is 0.0336. The predicted octanol–water partition coefficient (Wildman–Crippen LogP) is 5.51. The van der Waals surface area contributed by atoms with Crippen molar-refractivity contribution >= 4 is 44.4 Å². The molecule has 2 heterocycles. The molecule has 0 bridgehead atoms. The lowest BCUT2D eigenvalue weighted by atomic mass is 9.97. The fourth-order valence-corrected chi connectivity index (χ4v) is 6.08. The second kappa shape index (κ2) is 11.7. The number of benzene rings is 4. The molecule has 0 unspecified atom stereocenters. The van der Waals surface area contributed by atoms with Crippen molar-refractivity contribution in [2.24, 2.45) is 21.8 Å². The van der Waals surface area contributed by atoms with Gasteiger partial charge in [-0.3, -0.25) is 4.79 Å². The Balaban J connectivity index is 1.43. The molecule has 0 saturated carbocycles. The molecule has 1 aliphatic heterocycles. The van der Waals surface area contributed by atoms with E-state index in [1.54, 1.807) is 24.3 Å². The van der Waals surface area contributed by atoms with E-state index >= 15 is 0 Å². The second-order valence-corrected chi connectivity index (χ2v) is 11.5. The van der Waals surface area contributed by atoms with Gasteiger partial charge in [0.05, 0.1) is 5.52 Å². The summed E-state index contributed by atoms with van der Waals surface area (Å²) in [5.41, 5.74) is 19.4. The minimum atomic E-state index is -0.0420. The van der Waals surface area contributed by atoms with Crippen LogP contribution in [-0.2, 0) is 19.5 Å². The Kier molecular flexibility index (Phi) is 7.60. The number of carbonyl (C=O) groups excluding carboxylic acids is 1. The first-order valence-electron chi connectivity index (χ1n) is 13.7. The first kappa shape index (κ1) is 28.0. The van der Waals surface area contributed by atoms with Crippen LogP contribution in [0.4, 0.5) is 0 Å². The molecule has 5 aromatic rings. The first-order valence-corrected chi connectivity index (χ1v) is 14.5. The monoisotopic (exact) mass is 636 g/mol. The molecule has 1 aliphatic rings. The van der Waals surface area contributed by atoms with Crippen LogP contribution >= 0.6 is 15.9 Å². The number of nitrogens with zero attached hydrogens (tertiary/aromatic N) is 4. The molecule has 6 rings (SSSR count). The standard InChI is InChI=1S/C33H29BrN6O3/c34-27-3-1-2-21(14-27)18-40-19-25-12-13-39(17-20-4-6-23(7-5-20)31(35)37-42)33(41)28-15-26(16-29(40)30(25)28)22-8-10-24(11-9-22)32(36)38-43/h1-11,14-16,19,42-43H,12-13,17-18H2,(H2,35,37)(H2,36,38). The Morgan fingerprint density at radius 1 is 0.814 bits per heavy atom. The summed E-state index contributed by atoms with van der Waals surface area (Å²) >= 11 is 3.58. The normalized spacial score (nSPS) is 13.9. The van der Waals surface area contributed by atoms with Gasteiger partial charge in [-0.25, -0.2) is 0 Å². The van der Waals surface area contributed by atoms with Gasteiger partial charge in [0, 0.05) is 52.4 Å². The zero-order valence-corrected chi connectivity index (χ0v) is 24.7. The molecule has 0 spiro atoms. The number of nitrogens with two attached hydrogens (primary N) is 2. The molecule has 0 fully saturated rings. The fraction of sp³-hybridized carbons (Fsp3) is 0.121. The highest BCUT2D eigenvalue weighted by Crippen LogP contribution is 2.35. The van der Waals surface area contributed by atoms with Crippen molar-refractivity contribution in [3.63, 3.8) is 0 Å². The van der Waals surface area contributed by atoms with E-state index in [-0.39, 0.29) is 17.6 Å². The van der Waals surface area contributed by atoms with Gasteiger partial charge >= 0.3 is 0 Å². The number of amides is 1. The van der Waals surface area contributed by atoms with Crippen LogP contribution in [-0.4, -0.2) is 44.0 Å². The summed E-state index contributed by atoms with van der Waals surface area (Å²) in [6.07, 6.45) is 2.89. The van der Waals surface area contributed by atoms with Crippen LogP contribution in [0, 0.1) is 0 Å². The van der Waals surface area contributed by atoms with Crippen molar-refractivity contribution in [2.45, 2.75) is 19.5 Å². The summed E-state index contributed by atoms with van der Waals surface area (Å²) in [5.74, 6) is 0.0287. The lowest BCUT2D eigenvalue weighted by Crippen LogP contribution is -2.31. The number of hydrogen-bond donors (Lipinski definition) is 4. The SMILES string of the molecule is N/C(=N\O)c1ccc(CN2CCc3cn(Cc4cccc(Br)c4)c4cc(-c5ccc(/C(N)=N/O)cc5)cc(c34)C2=O)cc1. The molecule has 0 radical (unpaired) electrons. The summed E-state index contributed by atoms with van der Waals surface area (Å²) in [5, 5.41) is 25.2. The van der Waals surface area contributed by atoms with Gasteiger partial charge in [0.25, 0.3) is 5.91 Å². The van der Waals surface area contributed by atoms with E-state index in [2.05, 4.69) is 55.2 Å². The van der Waals surface area contributed by atoms with E-state index in [1.807, 2.05) is 47.4 Å². The average Bonchev–Trinajstić information content (AvgIpc) is 3.32. The van der Waals surface area contributed by atoms with Crippen molar-refractivity contribution in [2.75, 3.05) is 6.54 Å². The molecule has 6 N–H and O–H groups in total. The predicted molar refractivity (Wildman–Crippen MR) is 171 cm³/mol. The van der Waals surface area contributed by atoms with Gasteiger partial charge in [-0.2, -0.15) is 0 Å².